The van der Waals surface area contributed by atoms with Gasteiger partial charge < -0.3 is 9.88 Å². The number of nitrogens with zero attached hydrogens (tertiary/aromatic N) is 2. The van der Waals surface area contributed by atoms with Crippen LogP contribution >= 0.6 is 0 Å². The number of aromatic nitrogens is 2. The molecule has 3 nitrogen and oxygen atoms in total. The molecule has 2 rings (SSSR count). The molecular weight excluding hydrogens is 174 g/mol. The SMILES string of the molecule is CCNc1ccccc1-n1ccnc1. The number of benzene rings is 1. The molecule has 0 radical (unpaired) electrons. The number of nitrogens with one attached hydrogen (secondary N) is 1. The van der Waals surface area contributed by atoms with Gasteiger partial charge >= 0.3 is 0 Å². The minimum Gasteiger partial charge on any atom is -0.384 e. The van der Waals surface area contributed by atoms with E-state index in [0.717, 1.165) is 17.9 Å². The Morgan fingerprint density at radius 1 is 1.36 bits per heavy atom. The van der Waals surface area contributed by atoms with Crippen molar-refractivity contribution in [2.24, 2.45) is 0 Å². The third-order valence-electron chi connectivity index (χ3n) is 2.05. The second-order valence-electron chi connectivity index (χ2n) is 3.02. The standard InChI is InChI=1S/C11H13N3/c1-2-13-10-5-3-4-6-11(10)14-8-7-12-9-14/h3-9,13H,2H2,1H3. The zero-order valence-corrected chi connectivity index (χ0v) is 8.14. The molecular formula is C11H13N3. The molecule has 0 atom stereocenters. The molecule has 0 amide bonds. The second kappa shape index (κ2) is 3.96. The second-order valence-corrected chi connectivity index (χ2v) is 3.02. The van der Waals surface area contributed by atoms with Crippen LogP contribution < -0.4 is 5.32 Å². The van der Waals surface area contributed by atoms with Gasteiger partial charge in [0.25, 0.3) is 0 Å². The maximum Gasteiger partial charge on any atom is 0.0992 e. The highest BCUT2D eigenvalue weighted by molar-refractivity contribution is 5.60. The summed E-state index contributed by atoms with van der Waals surface area (Å²) in [6.07, 6.45) is 5.52. The zero-order chi connectivity index (χ0) is 9.80. The quantitative estimate of drug-likeness (QED) is 0.799. The van der Waals surface area contributed by atoms with E-state index in [4.69, 9.17) is 0 Å². The third-order valence-corrected chi connectivity index (χ3v) is 2.05. The van der Waals surface area contributed by atoms with Crippen molar-refractivity contribution in [2.75, 3.05) is 11.9 Å². The lowest BCUT2D eigenvalue weighted by atomic mass is 10.2. The van der Waals surface area contributed by atoms with E-state index in [1.54, 1.807) is 12.5 Å². The topological polar surface area (TPSA) is 29.9 Å². The molecule has 1 aromatic carbocycles. The fourth-order valence-corrected chi connectivity index (χ4v) is 1.44. The molecule has 0 aliphatic heterocycles. The van der Waals surface area contributed by atoms with Crippen molar-refractivity contribution in [3.8, 4) is 5.69 Å². The van der Waals surface area contributed by atoms with Gasteiger partial charge in [0.1, 0.15) is 0 Å². The number of imidazole rings is 1. The van der Waals surface area contributed by atoms with Crippen LogP contribution in [-0.2, 0) is 0 Å². The first kappa shape index (κ1) is 8.81. The number of anilines is 1. The van der Waals surface area contributed by atoms with Crippen molar-refractivity contribution < 1.29 is 0 Å². The predicted molar refractivity (Wildman–Crippen MR) is 57.7 cm³/mol. The largest absolute Gasteiger partial charge is 0.384 e. The zero-order valence-electron chi connectivity index (χ0n) is 8.14. The van der Waals surface area contributed by atoms with Crippen LogP contribution in [0.4, 0.5) is 5.69 Å². The molecule has 1 N–H and O–H groups in total. The molecule has 0 bridgehead atoms. The molecule has 0 aliphatic carbocycles. The maximum absolute atomic E-state index is 4.03. The Morgan fingerprint density at radius 2 is 2.21 bits per heavy atom. The van der Waals surface area contributed by atoms with E-state index in [9.17, 15) is 0 Å². The fraction of sp³-hybridized carbons (Fsp3) is 0.182. The van der Waals surface area contributed by atoms with Crippen molar-refractivity contribution in [3.05, 3.63) is 43.0 Å². The summed E-state index contributed by atoms with van der Waals surface area (Å²) in [6, 6.07) is 8.19. The van der Waals surface area contributed by atoms with Crippen LogP contribution in [0.1, 0.15) is 6.92 Å². The van der Waals surface area contributed by atoms with Gasteiger partial charge in [-0.05, 0) is 19.1 Å². The first-order valence-electron chi connectivity index (χ1n) is 4.73. The van der Waals surface area contributed by atoms with Gasteiger partial charge in [0.15, 0.2) is 0 Å². The van der Waals surface area contributed by atoms with Crippen LogP contribution in [0.25, 0.3) is 5.69 Å². The lowest BCUT2D eigenvalue weighted by Crippen LogP contribution is -2.01. The van der Waals surface area contributed by atoms with Gasteiger partial charge in [-0.1, -0.05) is 12.1 Å². The van der Waals surface area contributed by atoms with E-state index in [1.807, 2.05) is 22.9 Å². The van der Waals surface area contributed by atoms with Gasteiger partial charge in [0.05, 0.1) is 17.7 Å². The van der Waals surface area contributed by atoms with Crippen LogP contribution in [0.2, 0.25) is 0 Å². The Hall–Kier alpha value is -1.77. The summed E-state index contributed by atoms with van der Waals surface area (Å²) in [4.78, 5) is 4.03. The maximum atomic E-state index is 4.03. The van der Waals surface area contributed by atoms with E-state index >= 15 is 0 Å². The summed E-state index contributed by atoms with van der Waals surface area (Å²) >= 11 is 0. The van der Waals surface area contributed by atoms with Gasteiger partial charge in [-0.2, -0.15) is 0 Å². The van der Waals surface area contributed by atoms with Crippen LogP contribution in [0.15, 0.2) is 43.0 Å². The minimum atomic E-state index is 0.922. The smallest absolute Gasteiger partial charge is 0.0992 e. The van der Waals surface area contributed by atoms with E-state index in [2.05, 4.69) is 29.4 Å². The van der Waals surface area contributed by atoms with Gasteiger partial charge in [-0.15, -0.1) is 0 Å². The lowest BCUT2D eigenvalue weighted by molar-refractivity contribution is 1.05. The van der Waals surface area contributed by atoms with Crippen molar-refractivity contribution in [2.45, 2.75) is 6.92 Å². The van der Waals surface area contributed by atoms with Crippen molar-refractivity contribution >= 4 is 5.69 Å². The molecule has 0 aliphatic rings. The summed E-state index contributed by atoms with van der Waals surface area (Å²) in [5.74, 6) is 0. The van der Waals surface area contributed by atoms with Crippen LogP contribution in [0.5, 0.6) is 0 Å². The normalized spacial score (nSPS) is 10.1. The molecule has 0 saturated carbocycles. The molecule has 2 aromatic rings. The summed E-state index contributed by atoms with van der Waals surface area (Å²) < 4.78 is 2.00. The highest BCUT2D eigenvalue weighted by atomic mass is 15.0. The number of rotatable bonds is 3. The summed E-state index contributed by atoms with van der Waals surface area (Å²) in [5.41, 5.74) is 2.26. The molecule has 3 heteroatoms. The molecule has 14 heavy (non-hydrogen) atoms. The summed E-state index contributed by atoms with van der Waals surface area (Å²) in [6.45, 7) is 3.01. The summed E-state index contributed by atoms with van der Waals surface area (Å²) in [7, 11) is 0. The van der Waals surface area contributed by atoms with Gasteiger partial charge in [-0.3, -0.25) is 0 Å². The average molecular weight is 187 g/mol. The van der Waals surface area contributed by atoms with Crippen molar-refractivity contribution in [1.29, 1.82) is 0 Å². The van der Waals surface area contributed by atoms with E-state index in [0.29, 0.717) is 0 Å². The summed E-state index contributed by atoms with van der Waals surface area (Å²) in [5, 5.41) is 3.32. The Kier molecular flexibility index (Phi) is 2.49. The highest BCUT2D eigenvalue weighted by Gasteiger charge is 2.00. The lowest BCUT2D eigenvalue weighted by Gasteiger charge is -2.10. The molecule has 1 aromatic heterocycles. The van der Waals surface area contributed by atoms with Gasteiger partial charge in [0.2, 0.25) is 0 Å². The van der Waals surface area contributed by atoms with E-state index in [-0.39, 0.29) is 0 Å². The Balaban J connectivity index is 2.42. The number of hydrogen-bond donors (Lipinski definition) is 1. The number of hydrogen-bond acceptors (Lipinski definition) is 2. The average Bonchev–Trinajstić information content (AvgIpc) is 2.72. The molecule has 72 valence electrons. The van der Waals surface area contributed by atoms with Gasteiger partial charge in [-0.25, -0.2) is 4.98 Å². The van der Waals surface area contributed by atoms with Crippen molar-refractivity contribution in [3.63, 3.8) is 0 Å². The molecule has 1 heterocycles. The molecule has 0 unspecified atom stereocenters. The first-order chi connectivity index (χ1) is 6.92. The Bertz CT molecular complexity index is 393. The number of para-hydroxylation sites is 2. The Labute approximate surface area is 83.4 Å². The molecule has 0 fully saturated rings. The van der Waals surface area contributed by atoms with E-state index in [1.165, 1.54) is 0 Å². The predicted octanol–water partition coefficient (Wildman–Crippen LogP) is 2.30. The highest BCUT2D eigenvalue weighted by Crippen LogP contribution is 2.18. The van der Waals surface area contributed by atoms with Crippen molar-refractivity contribution in [1.82, 2.24) is 9.55 Å². The molecule has 0 spiro atoms. The van der Waals surface area contributed by atoms with E-state index < -0.39 is 0 Å². The minimum absolute atomic E-state index is 0.922. The third kappa shape index (κ3) is 1.62. The molecule has 0 saturated heterocycles. The Morgan fingerprint density at radius 3 is 2.93 bits per heavy atom. The van der Waals surface area contributed by atoms with Crippen LogP contribution in [0, 0.1) is 0 Å². The van der Waals surface area contributed by atoms with Crippen LogP contribution in [0.3, 0.4) is 0 Å². The first-order valence-corrected chi connectivity index (χ1v) is 4.73. The fourth-order valence-electron chi connectivity index (χ4n) is 1.44. The van der Waals surface area contributed by atoms with Crippen LogP contribution in [-0.4, -0.2) is 16.1 Å². The monoisotopic (exact) mass is 187 g/mol. The van der Waals surface area contributed by atoms with Gasteiger partial charge in [0, 0.05) is 18.9 Å².